The number of rotatable bonds is 9. The Labute approximate surface area is 150 Å². The van der Waals surface area contributed by atoms with Gasteiger partial charge in [-0.05, 0) is 24.3 Å². The van der Waals surface area contributed by atoms with E-state index in [0.29, 0.717) is 12.0 Å². The number of benzene rings is 1. The maximum atomic E-state index is 13.6. The summed E-state index contributed by atoms with van der Waals surface area (Å²) in [5.74, 6) is 0.0465. The van der Waals surface area contributed by atoms with Gasteiger partial charge >= 0.3 is 12.4 Å². The van der Waals surface area contributed by atoms with E-state index >= 15 is 0 Å². The van der Waals surface area contributed by atoms with Gasteiger partial charge in [-0.3, -0.25) is 0 Å². The Balaban J connectivity index is 3.25. The molecule has 7 heteroatoms. The van der Waals surface area contributed by atoms with E-state index in [0.717, 1.165) is 31.4 Å². The average molecular weight is 384 g/mol. The molecule has 1 nitrogen and oxygen atoms in total. The summed E-state index contributed by atoms with van der Waals surface area (Å²) in [6.45, 7) is 5.05. The van der Waals surface area contributed by atoms with Gasteiger partial charge in [0.15, 0.2) is 0 Å². The molecule has 0 saturated heterocycles. The van der Waals surface area contributed by atoms with Gasteiger partial charge in [0.1, 0.15) is 0 Å². The molecule has 0 amide bonds. The van der Waals surface area contributed by atoms with Crippen molar-refractivity contribution in [2.45, 2.75) is 76.7 Å². The Morgan fingerprint density at radius 2 is 1.38 bits per heavy atom. The fourth-order valence-corrected chi connectivity index (χ4v) is 2.77. The SMILES string of the molecule is CCCCCCOC(c1ccc(C(C)CC)cc1)(C(F)(F)F)C(F)(F)F. The molecule has 0 fully saturated rings. The number of hydrogen-bond acceptors (Lipinski definition) is 1. The zero-order valence-electron chi connectivity index (χ0n) is 15.3. The Morgan fingerprint density at radius 1 is 0.846 bits per heavy atom. The second-order valence-corrected chi connectivity index (χ2v) is 6.52. The van der Waals surface area contributed by atoms with E-state index < -0.39 is 30.1 Å². The molecule has 1 aromatic rings. The second kappa shape index (κ2) is 9.11. The topological polar surface area (TPSA) is 9.23 Å². The van der Waals surface area contributed by atoms with Crippen LogP contribution in [0.1, 0.15) is 69.9 Å². The molecule has 26 heavy (non-hydrogen) atoms. The maximum absolute atomic E-state index is 13.6. The Kier molecular flexibility index (Phi) is 7.99. The lowest BCUT2D eigenvalue weighted by molar-refractivity contribution is -0.389. The normalized spacial score (nSPS) is 14.5. The largest absolute Gasteiger partial charge is 0.430 e. The predicted molar refractivity (Wildman–Crippen MR) is 89.0 cm³/mol. The fraction of sp³-hybridized carbons (Fsp3) is 0.684. The number of halogens is 6. The Morgan fingerprint density at radius 3 is 1.81 bits per heavy atom. The Hall–Kier alpha value is -1.24. The molecule has 1 aromatic carbocycles. The summed E-state index contributed by atoms with van der Waals surface area (Å²) in [6, 6.07) is 4.40. The average Bonchev–Trinajstić information content (AvgIpc) is 2.55. The smallest absolute Gasteiger partial charge is 0.354 e. The minimum absolute atomic E-state index is 0.0465. The number of unbranched alkanes of at least 4 members (excludes halogenated alkanes) is 3. The van der Waals surface area contributed by atoms with E-state index in [1.54, 1.807) is 0 Å². The lowest BCUT2D eigenvalue weighted by Gasteiger charge is -2.37. The van der Waals surface area contributed by atoms with Crippen LogP contribution in [0, 0.1) is 0 Å². The van der Waals surface area contributed by atoms with Crippen molar-refractivity contribution in [3.8, 4) is 0 Å². The first kappa shape index (κ1) is 22.8. The quantitative estimate of drug-likeness (QED) is 0.325. The highest BCUT2D eigenvalue weighted by molar-refractivity contribution is 5.32. The molecule has 0 spiro atoms. The van der Waals surface area contributed by atoms with Crippen molar-refractivity contribution in [2.75, 3.05) is 6.61 Å². The van der Waals surface area contributed by atoms with Gasteiger partial charge in [-0.25, -0.2) is 0 Å². The molecule has 0 bridgehead atoms. The van der Waals surface area contributed by atoms with Gasteiger partial charge in [0.2, 0.25) is 0 Å². The van der Waals surface area contributed by atoms with E-state index in [9.17, 15) is 26.3 Å². The fourth-order valence-electron chi connectivity index (χ4n) is 2.77. The van der Waals surface area contributed by atoms with Crippen LogP contribution >= 0.6 is 0 Å². The highest BCUT2D eigenvalue weighted by Crippen LogP contribution is 2.53. The molecular formula is C19H26F6O. The highest BCUT2D eigenvalue weighted by atomic mass is 19.4. The van der Waals surface area contributed by atoms with Crippen LogP contribution in [0.3, 0.4) is 0 Å². The third-order valence-electron chi connectivity index (χ3n) is 4.61. The zero-order chi connectivity index (χ0) is 20.0. The van der Waals surface area contributed by atoms with Crippen LogP contribution in [-0.2, 0) is 10.3 Å². The maximum Gasteiger partial charge on any atom is 0.430 e. The van der Waals surface area contributed by atoms with E-state index in [4.69, 9.17) is 0 Å². The first-order valence-electron chi connectivity index (χ1n) is 8.89. The van der Waals surface area contributed by atoms with Crippen molar-refractivity contribution in [3.63, 3.8) is 0 Å². The van der Waals surface area contributed by atoms with Crippen molar-refractivity contribution in [1.29, 1.82) is 0 Å². The van der Waals surface area contributed by atoms with E-state index in [1.807, 2.05) is 20.8 Å². The van der Waals surface area contributed by atoms with Gasteiger partial charge in [-0.15, -0.1) is 0 Å². The van der Waals surface area contributed by atoms with Crippen molar-refractivity contribution < 1.29 is 31.1 Å². The standard InChI is InChI=1S/C19H26F6O/c1-4-6-7-8-13-26-17(18(20,21)22,19(23,24)25)16-11-9-15(10-12-16)14(3)5-2/h9-12,14H,4-8,13H2,1-3H3. The van der Waals surface area contributed by atoms with Crippen LogP contribution in [-0.4, -0.2) is 19.0 Å². The lowest BCUT2D eigenvalue weighted by Crippen LogP contribution is -2.56. The molecule has 0 heterocycles. The molecule has 1 unspecified atom stereocenters. The first-order chi connectivity index (χ1) is 12.0. The molecule has 0 aliphatic carbocycles. The minimum Gasteiger partial charge on any atom is -0.354 e. The monoisotopic (exact) mass is 384 g/mol. The number of ether oxygens (including phenoxy) is 1. The van der Waals surface area contributed by atoms with Crippen LogP contribution in [0.2, 0.25) is 0 Å². The van der Waals surface area contributed by atoms with Crippen LogP contribution in [0.5, 0.6) is 0 Å². The Bertz CT molecular complexity index is 518. The molecule has 0 N–H and O–H groups in total. The molecule has 0 aliphatic rings. The van der Waals surface area contributed by atoms with Crippen LogP contribution in [0.25, 0.3) is 0 Å². The zero-order valence-corrected chi connectivity index (χ0v) is 15.3. The predicted octanol–water partition coefficient (Wildman–Crippen LogP) is 7.12. The summed E-state index contributed by atoms with van der Waals surface area (Å²) in [7, 11) is 0. The summed E-state index contributed by atoms with van der Waals surface area (Å²) >= 11 is 0. The minimum atomic E-state index is -5.62. The lowest BCUT2D eigenvalue weighted by atomic mass is 9.89. The van der Waals surface area contributed by atoms with Crippen LogP contribution in [0.15, 0.2) is 24.3 Å². The molecule has 1 atom stereocenters. The van der Waals surface area contributed by atoms with Gasteiger partial charge in [-0.2, -0.15) is 26.3 Å². The van der Waals surface area contributed by atoms with Crippen molar-refractivity contribution in [2.24, 2.45) is 0 Å². The summed E-state index contributed by atoms with van der Waals surface area (Å²) < 4.78 is 86.2. The van der Waals surface area contributed by atoms with Crippen molar-refractivity contribution in [1.82, 2.24) is 0 Å². The molecule has 0 aromatic heterocycles. The molecule has 0 radical (unpaired) electrons. The first-order valence-corrected chi connectivity index (χ1v) is 8.89. The summed E-state index contributed by atoms with van der Waals surface area (Å²) in [6.07, 6.45) is -8.28. The molecule has 0 saturated carbocycles. The van der Waals surface area contributed by atoms with Gasteiger partial charge in [0.05, 0.1) is 0 Å². The van der Waals surface area contributed by atoms with Gasteiger partial charge < -0.3 is 4.74 Å². The third-order valence-corrected chi connectivity index (χ3v) is 4.61. The number of alkyl halides is 6. The molecule has 150 valence electrons. The van der Waals surface area contributed by atoms with Gasteiger partial charge in [0.25, 0.3) is 5.60 Å². The van der Waals surface area contributed by atoms with Crippen molar-refractivity contribution >= 4 is 0 Å². The summed E-state index contributed by atoms with van der Waals surface area (Å²) in [4.78, 5) is 0. The van der Waals surface area contributed by atoms with E-state index in [1.165, 1.54) is 12.1 Å². The van der Waals surface area contributed by atoms with E-state index in [2.05, 4.69) is 4.74 Å². The second-order valence-electron chi connectivity index (χ2n) is 6.52. The molecular weight excluding hydrogens is 358 g/mol. The summed E-state index contributed by atoms with van der Waals surface area (Å²) in [5, 5.41) is 0. The van der Waals surface area contributed by atoms with Gasteiger partial charge in [-0.1, -0.05) is 64.3 Å². The molecule has 1 rings (SSSR count). The number of hydrogen-bond donors (Lipinski definition) is 0. The van der Waals surface area contributed by atoms with Crippen LogP contribution < -0.4 is 0 Å². The summed E-state index contributed by atoms with van der Waals surface area (Å²) in [5.41, 5.74) is -4.54. The third kappa shape index (κ3) is 4.93. The highest BCUT2D eigenvalue weighted by Gasteiger charge is 2.73. The van der Waals surface area contributed by atoms with E-state index in [-0.39, 0.29) is 12.3 Å². The van der Waals surface area contributed by atoms with Gasteiger partial charge in [0, 0.05) is 12.2 Å². The molecule has 0 aliphatic heterocycles. The van der Waals surface area contributed by atoms with Crippen molar-refractivity contribution in [3.05, 3.63) is 35.4 Å². The van der Waals surface area contributed by atoms with Crippen LogP contribution in [0.4, 0.5) is 26.3 Å².